The summed E-state index contributed by atoms with van der Waals surface area (Å²) in [5.74, 6) is 0.449. The lowest BCUT2D eigenvalue weighted by Gasteiger charge is -2.19. The fourth-order valence-electron chi connectivity index (χ4n) is 1.37. The van der Waals surface area contributed by atoms with Crippen molar-refractivity contribution >= 4 is 16.7 Å². The second kappa shape index (κ2) is 4.61. The SMILES string of the molecule is CN(C(=O)CS(=O)CC(C)(C)N)C1CC1. The Bertz CT molecular complexity index is 269. The molecule has 15 heavy (non-hydrogen) atoms. The number of nitrogens with two attached hydrogens (primary N) is 1. The van der Waals surface area contributed by atoms with Crippen molar-refractivity contribution in [1.82, 2.24) is 4.90 Å². The van der Waals surface area contributed by atoms with Crippen LogP contribution < -0.4 is 5.73 Å². The quantitative estimate of drug-likeness (QED) is 0.731. The second-order valence-corrected chi connectivity index (χ2v) is 6.41. The Kier molecular flexibility index (Phi) is 3.89. The molecule has 1 rings (SSSR count). The molecular formula is C10H20N2O2S. The van der Waals surface area contributed by atoms with Crippen molar-refractivity contribution in [2.45, 2.75) is 38.3 Å². The molecule has 88 valence electrons. The third-order valence-corrected chi connectivity index (χ3v) is 3.94. The van der Waals surface area contributed by atoms with Gasteiger partial charge in [-0.2, -0.15) is 0 Å². The summed E-state index contributed by atoms with van der Waals surface area (Å²) in [6.07, 6.45) is 2.16. The first-order valence-corrected chi connectivity index (χ1v) is 6.68. The predicted molar refractivity (Wildman–Crippen MR) is 61.9 cm³/mol. The number of amides is 1. The van der Waals surface area contributed by atoms with Crippen LogP contribution in [-0.4, -0.2) is 45.2 Å². The largest absolute Gasteiger partial charge is 0.342 e. The van der Waals surface area contributed by atoms with Gasteiger partial charge in [-0.3, -0.25) is 9.00 Å². The van der Waals surface area contributed by atoms with Gasteiger partial charge in [0.05, 0.1) is 0 Å². The first kappa shape index (κ1) is 12.6. The molecule has 0 saturated heterocycles. The van der Waals surface area contributed by atoms with Gasteiger partial charge in [-0.05, 0) is 26.7 Å². The molecule has 1 fully saturated rings. The molecule has 0 aliphatic heterocycles. The van der Waals surface area contributed by atoms with Crippen molar-refractivity contribution in [3.63, 3.8) is 0 Å². The van der Waals surface area contributed by atoms with Crippen LogP contribution in [0.2, 0.25) is 0 Å². The lowest BCUT2D eigenvalue weighted by Crippen LogP contribution is -2.41. The monoisotopic (exact) mass is 232 g/mol. The third-order valence-electron chi connectivity index (χ3n) is 2.31. The van der Waals surface area contributed by atoms with E-state index in [0.717, 1.165) is 12.8 Å². The number of nitrogens with zero attached hydrogens (tertiary/aromatic N) is 1. The van der Waals surface area contributed by atoms with Gasteiger partial charge in [0.1, 0.15) is 5.75 Å². The van der Waals surface area contributed by atoms with E-state index in [9.17, 15) is 9.00 Å². The molecule has 0 radical (unpaired) electrons. The molecule has 2 N–H and O–H groups in total. The molecule has 1 aliphatic rings. The molecule has 5 heteroatoms. The van der Waals surface area contributed by atoms with Gasteiger partial charge >= 0.3 is 0 Å². The fourth-order valence-corrected chi connectivity index (χ4v) is 2.78. The van der Waals surface area contributed by atoms with Gasteiger partial charge < -0.3 is 10.6 Å². The fraction of sp³-hybridized carbons (Fsp3) is 0.900. The van der Waals surface area contributed by atoms with Crippen LogP contribution in [0, 0.1) is 0 Å². The Labute approximate surface area is 93.7 Å². The maximum atomic E-state index is 11.6. The summed E-state index contributed by atoms with van der Waals surface area (Å²) in [5, 5.41) is 0. The van der Waals surface area contributed by atoms with Crippen LogP contribution >= 0.6 is 0 Å². The van der Waals surface area contributed by atoms with E-state index in [4.69, 9.17) is 5.73 Å². The topological polar surface area (TPSA) is 63.4 Å². The molecule has 0 aromatic rings. The van der Waals surface area contributed by atoms with Gasteiger partial charge in [0, 0.05) is 35.2 Å². The molecule has 1 saturated carbocycles. The van der Waals surface area contributed by atoms with Crippen LogP contribution in [0.5, 0.6) is 0 Å². The predicted octanol–water partition coefficient (Wildman–Crippen LogP) is 0.0932. The molecule has 1 atom stereocenters. The standard InChI is InChI=1S/C10H20N2O2S/c1-10(2,11)7-15(14)6-9(13)12(3)8-4-5-8/h8H,4-7,11H2,1-3H3. The molecule has 0 spiro atoms. The van der Waals surface area contributed by atoms with Gasteiger partial charge in [-0.15, -0.1) is 0 Å². The lowest BCUT2D eigenvalue weighted by atomic mass is 10.1. The Hall–Kier alpha value is -0.420. The first-order chi connectivity index (χ1) is 6.79. The van der Waals surface area contributed by atoms with Crippen molar-refractivity contribution in [3.05, 3.63) is 0 Å². The molecular weight excluding hydrogens is 212 g/mol. The van der Waals surface area contributed by atoms with Crippen LogP contribution in [-0.2, 0) is 15.6 Å². The van der Waals surface area contributed by atoms with Crippen molar-refractivity contribution in [3.8, 4) is 0 Å². The minimum atomic E-state index is -1.15. The molecule has 0 aromatic carbocycles. The maximum Gasteiger partial charge on any atom is 0.235 e. The zero-order valence-corrected chi connectivity index (χ0v) is 10.5. The smallest absolute Gasteiger partial charge is 0.235 e. The molecule has 0 bridgehead atoms. The van der Waals surface area contributed by atoms with E-state index >= 15 is 0 Å². The number of carbonyl (C=O) groups is 1. The zero-order valence-electron chi connectivity index (χ0n) is 9.66. The minimum Gasteiger partial charge on any atom is -0.342 e. The van der Waals surface area contributed by atoms with Crippen LogP contribution in [0.3, 0.4) is 0 Å². The van der Waals surface area contributed by atoms with Crippen molar-refractivity contribution in [1.29, 1.82) is 0 Å². The van der Waals surface area contributed by atoms with E-state index in [1.807, 2.05) is 13.8 Å². The highest BCUT2D eigenvalue weighted by atomic mass is 32.2. The molecule has 4 nitrogen and oxygen atoms in total. The van der Waals surface area contributed by atoms with Crippen LogP contribution in [0.1, 0.15) is 26.7 Å². The third kappa shape index (κ3) is 4.75. The van der Waals surface area contributed by atoms with E-state index in [2.05, 4.69) is 0 Å². The summed E-state index contributed by atoms with van der Waals surface area (Å²) in [5.41, 5.74) is 5.27. The summed E-state index contributed by atoms with van der Waals surface area (Å²) in [7, 11) is 0.637. The minimum absolute atomic E-state index is 0.0277. The number of hydrogen-bond donors (Lipinski definition) is 1. The Morgan fingerprint density at radius 2 is 2.07 bits per heavy atom. The van der Waals surface area contributed by atoms with E-state index in [1.54, 1.807) is 11.9 Å². The van der Waals surface area contributed by atoms with Gasteiger partial charge in [0.15, 0.2) is 0 Å². The highest BCUT2D eigenvalue weighted by molar-refractivity contribution is 7.85. The first-order valence-electron chi connectivity index (χ1n) is 5.19. The van der Waals surface area contributed by atoms with Gasteiger partial charge in [-0.25, -0.2) is 0 Å². The molecule has 0 heterocycles. The molecule has 1 unspecified atom stereocenters. The summed E-state index contributed by atoms with van der Waals surface area (Å²) in [6, 6.07) is 0.389. The summed E-state index contributed by atoms with van der Waals surface area (Å²) in [6.45, 7) is 3.64. The zero-order chi connectivity index (χ0) is 11.6. The van der Waals surface area contributed by atoms with Crippen molar-refractivity contribution in [2.75, 3.05) is 18.6 Å². The van der Waals surface area contributed by atoms with E-state index in [0.29, 0.717) is 11.8 Å². The summed E-state index contributed by atoms with van der Waals surface area (Å²) in [4.78, 5) is 13.3. The van der Waals surface area contributed by atoms with E-state index in [1.165, 1.54) is 0 Å². The van der Waals surface area contributed by atoms with Crippen LogP contribution in [0.25, 0.3) is 0 Å². The average Bonchev–Trinajstić information content (AvgIpc) is 2.80. The Balaban J connectivity index is 2.34. The lowest BCUT2D eigenvalue weighted by molar-refractivity contribution is -0.127. The van der Waals surface area contributed by atoms with Crippen molar-refractivity contribution in [2.24, 2.45) is 5.73 Å². The van der Waals surface area contributed by atoms with E-state index < -0.39 is 16.3 Å². The van der Waals surface area contributed by atoms with Crippen LogP contribution in [0.15, 0.2) is 0 Å². The number of rotatable bonds is 5. The number of carbonyl (C=O) groups excluding carboxylic acids is 1. The average molecular weight is 232 g/mol. The Morgan fingerprint density at radius 3 is 2.47 bits per heavy atom. The second-order valence-electron chi connectivity index (χ2n) is 4.95. The summed E-state index contributed by atoms with van der Waals surface area (Å²) < 4.78 is 11.6. The number of hydrogen-bond acceptors (Lipinski definition) is 3. The van der Waals surface area contributed by atoms with Crippen LogP contribution in [0.4, 0.5) is 0 Å². The summed E-state index contributed by atoms with van der Waals surface area (Å²) >= 11 is 0. The maximum absolute atomic E-state index is 11.6. The van der Waals surface area contributed by atoms with Gasteiger partial charge in [-0.1, -0.05) is 0 Å². The van der Waals surface area contributed by atoms with Gasteiger partial charge in [0.25, 0.3) is 0 Å². The highest BCUT2D eigenvalue weighted by Gasteiger charge is 2.30. The molecule has 1 aliphatic carbocycles. The molecule has 1 amide bonds. The molecule has 0 aromatic heterocycles. The van der Waals surface area contributed by atoms with E-state index in [-0.39, 0.29) is 11.7 Å². The normalized spacial score (nSPS) is 18.7. The van der Waals surface area contributed by atoms with Crippen molar-refractivity contribution < 1.29 is 9.00 Å². The highest BCUT2D eigenvalue weighted by Crippen LogP contribution is 2.25. The van der Waals surface area contributed by atoms with Gasteiger partial charge in [0.2, 0.25) is 5.91 Å². The Morgan fingerprint density at radius 1 is 1.53 bits per heavy atom.